The molecule has 1 saturated heterocycles. The molecule has 1 aromatic heterocycles. The van der Waals surface area contributed by atoms with Gasteiger partial charge < -0.3 is 9.64 Å². The van der Waals surface area contributed by atoms with Gasteiger partial charge >= 0.3 is 0 Å². The highest BCUT2D eigenvalue weighted by molar-refractivity contribution is 5.94. The van der Waals surface area contributed by atoms with Gasteiger partial charge in [-0.2, -0.15) is 4.80 Å². The summed E-state index contributed by atoms with van der Waals surface area (Å²) in [5.41, 5.74) is 1.51. The summed E-state index contributed by atoms with van der Waals surface area (Å²) in [6.07, 6.45) is 0. The third kappa shape index (κ3) is 2.53. The number of ether oxygens (including phenoxy) is 1. The van der Waals surface area contributed by atoms with E-state index in [1.807, 2.05) is 12.1 Å². The summed E-state index contributed by atoms with van der Waals surface area (Å²) in [6.45, 7) is 2.50. The fraction of sp³-hybridized carbons (Fsp3) is 0.385. The average molecular weight is 273 g/mol. The number of morpholine rings is 1. The van der Waals surface area contributed by atoms with Crippen molar-refractivity contribution in [3.05, 3.63) is 29.8 Å². The van der Waals surface area contributed by atoms with Gasteiger partial charge in [0.2, 0.25) is 5.82 Å². The quantitative estimate of drug-likeness (QED) is 0.789. The molecule has 0 N–H and O–H groups in total. The van der Waals surface area contributed by atoms with Crippen molar-refractivity contribution in [1.29, 1.82) is 0 Å². The molecule has 0 bridgehead atoms. The van der Waals surface area contributed by atoms with Crippen LogP contribution in [0.5, 0.6) is 0 Å². The molecule has 2 aromatic rings. The molecule has 1 aliphatic heterocycles. The SMILES string of the molecule is Cn1nnc(-c2ccc(C(=O)N3CCOCC3)cc2)n1. The number of aryl methyl sites for hydroxylation is 1. The van der Waals surface area contributed by atoms with E-state index in [0.717, 1.165) is 5.56 Å². The summed E-state index contributed by atoms with van der Waals surface area (Å²) in [6, 6.07) is 7.27. The Balaban J connectivity index is 1.77. The van der Waals surface area contributed by atoms with Crippen LogP contribution in [-0.4, -0.2) is 57.3 Å². The maximum atomic E-state index is 12.3. The number of amides is 1. The van der Waals surface area contributed by atoms with E-state index in [4.69, 9.17) is 4.74 Å². The Morgan fingerprint density at radius 1 is 1.20 bits per heavy atom. The zero-order valence-electron chi connectivity index (χ0n) is 11.2. The van der Waals surface area contributed by atoms with E-state index >= 15 is 0 Å². The Kier molecular flexibility index (Phi) is 3.42. The van der Waals surface area contributed by atoms with Gasteiger partial charge in [-0.15, -0.1) is 10.2 Å². The average Bonchev–Trinajstić information content (AvgIpc) is 2.94. The van der Waals surface area contributed by atoms with E-state index in [-0.39, 0.29) is 5.91 Å². The predicted molar refractivity (Wildman–Crippen MR) is 71.0 cm³/mol. The number of aromatic nitrogens is 4. The van der Waals surface area contributed by atoms with E-state index in [0.29, 0.717) is 37.7 Å². The van der Waals surface area contributed by atoms with Gasteiger partial charge in [-0.3, -0.25) is 4.79 Å². The van der Waals surface area contributed by atoms with Crippen LogP contribution in [0.25, 0.3) is 11.4 Å². The maximum absolute atomic E-state index is 12.3. The molecular weight excluding hydrogens is 258 g/mol. The molecular formula is C13H15N5O2. The van der Waals surface area contributed by atoms with Crippen molar-refractivity contribution in [2.24, 2.45) is 7.05 Å². The van der Waals surface area contributed by atoms with Gasteiger partial charge in [0.05, 0.1) is 20.3 Å². The molecule has 0 aliphatic carbocycles. The van der Waals surface area contributed by atoms with Gasteiger partial charge in [0.25, 0.3) is 5.91 Å². The lowest BCUT2D eigenvalue weighted by molar-refractivity contribution is 0.0303. The number of hydrogen-bond acceptors (Lipinski definition) is 5. The van der Waals surface area contributed by atoms with Crippen LogP contribution in [0.2, 0.25) is 0 Å². The van der Waals surface area contributed by atoms with Gasteiger partial charge in [-0.1, -0.05) is 12.1 Å². The van der Waals surface area contributed by atoms with Gasteiger partial charge in [-0.25, -0.2) is 0 Å². The molecule has 1 aromatic carbocycles. The fourth-order valence-corrected chi connectivity index (χ4v) is 2.11. The van der Waals surface area contributed by atoms with Crippen LogP contribution >= 0.6 is 0 Å². The minimum Gasteiger partial charge on any atom is -0.378 e. The van der Waals surface area contributed by atoms with Crippen molar-refractivity contribution >= 4 is 5.91 Å². The molecule has 104 valence electrons. The highest BCUT2D eigenvalue weighted by atomic mass is 16.5. The smallest absolute Gasteiger partial charge is 0.254 e. The highest BCUT2D eigenvalue weighted by Gasteiger charge is 2.18. The summed E-state index contributed by atoms with van der Waals surface area (Å²) in [7, 11) is 1.72. The Bertz CT molecular complexity index is 601. The van der Waals surface area contributed by atoms with Gasteiger partial charge in [0.15, 0.2) is 0 Å². The standard InChI is InChI=1S/C13H15N5O2/c1-17-15-12(14-16-17)10-2-4-11(5-3-10)13(19)18-6-8-20-9-7-18/h2-5H,6-9H2,1H3. The maximum Gasteiger partial charge on any atom is 0.254 e. The van der Waals surface area contributed by atoms with Crippen LogP contribution in [0.1, 0.15) is 10.4 Å². The van der Waals surface area contributed by atoms with Crippen LogP contribution in [-0.2, 0) is 11.8 Å². The lowest BCUT2D eigenvalue weighted by Crippen LogP contribution is -2.40. The lowest BCUT2D eigenvalue weighted by Gasteiger charge is -2.26. The molecule has 1 amide bonds. The third-order valence-corrected chi connectivity index (χ3v) is 3.20. The van der Waals surface area contributed by atoms with E-state index in [1.165, 1.54) is 4.80 Å². The summed E-state index contributed by atoms with van der Waals surface area (Å²) in [5.74, 6) is 0.588. The molecule has 2 heterocycles. The van der Waals surface area contributed by atoms with E-state index in [1.54, 1.807) is 24.1 Å². The van der Waals surface area contributed by atoms with Crippen molar-refractivity contribution in [3.63, 3.8) is 0 Å². The molecule has 0 spiro atoms. The molecule has 0 saturated carbocycles. The summed E-state index contributed by atoms with van der Waals surface area (Å²) >= 11 is 0. The number of carbonyl (C=O) groups is 1. The second-order valence-electron chi connectivity index (χ2n) is 4.58. The van der Waals surface area contributed by atoms with Crippen molar-refractivity contribution in [2.45, 2.75) is 0 Å². The number of nitrogens with zero attached hydrogens (tertiary/aromatic N) is 5. The van der Waals surface area contributed by atoms with E-state index in [9.17, 15) is 4.79 Å². The Morgan fingerprint density at radius 3 is 2.50 bits per heavy atom. The minimum absolute atomic E-state index is 0.0342. The first-order valence-electron chi connectivity index (χ1n) is 6.45. The van der Waals surface area contributed by atoms with Crippen molar-refractivity contribution < 1.29 is 9.53 Å². The fourth-order valence-electron chi connectivity index (χ4n) is 2.11. The zero-order valence-corrected chi connectivity index (χ0v) is 11.2. The third-order valence-electron chi connectivity index (χ3n) is 3.20. The molecule has 7 nitrogen and oxygen atoms in total. The van der Waals surface area contributed by atoms with Gasteiger partial charge in [-0.05, 0) is 17.3 Å². The van der Waals surface area contributed by atoms with Crippen molar-refractivity contribution in [2.75, 3.05) is 26.3 Å². The second-order valence-corrected chi connectivity index (χ2v) is 4.58. The summed E-state index contributed by atoms with van der Waals surface area (Å²) in [4.78, 5) is 15.5. The summed E-state index contributed by atoms with van der Waals surface area (Å²) < 4.78 is 5.25. The van der Waals surface area contributed by atoms with Crippen molar-refractivity contribution in [1.82, 2.24) is 25.1 Å². The molecule has 20 heavy (non-hydrogen) atoms. The predicted octanol–water partition coefficient (Wildman–Crippen LogP) is 0.349. The topological polar surface area (TPSA) is 73.1 Å². The van der Waals surface area contributed by atoms with E-state index < -0.39 is 0 Å². The first-order valence-corrected chi connectivity index (χ1v) is 6.45. The Hall–Kier alpha value is -2.28. The van der Waals surface area contributed by atoms with Crippen LogP contribution in [0, 0.1) is 0 Å². The molecule has 0 unspecified atom stereocenters. The lowest BCUT2D eigenvalue weighted by atomic mass is 10.1. The molecule has 1 aliphatic rings. The molecule has 7 heteroatoms. The summed E-state index contributed by atoms with van der Waals surface area (Å²) in [5, 5.41) is 11.9. The monoisotopic (exact) mass is 273 g/mol. The second kappa shape index (κ2) is 5.38. The largest absolute Gasteiger partial charge is 0.378 e. The highest BCUT2D eigenvalue weighted by Crippen LogP contribution is 2.15. The number of tetrazole rings is 1. The number of rotatable bonds is 2. The molecule has 3 rings (SSSR count). The van der Waals surface area contributed by atoms with Crippen LogP contribution in [0.4, 0.5) is 0 Å². The number of benzene rings is 1. The zero-order chi connectivity index (χ0) is 13.9. The first kappa shape index (κ1) is 12.7. The van der Waals surface area contributed by atoms with Crippen molar-refractivity contribution in [3.8, 4) is 11.4 Å². The van der Waals surface area contributed by atoms with Gasteiger partial charge in [0, 0.05) is 24.2 Å². The Labute approximate surface area is 116 Å². The van der Waals surface area contributed by atoms with Crippen LogP contribution in [0.15, 0.2) is 24.3 Å². The van der Waals surface area contributed by atoms with Crippen LogP contribution < -0.4 is 0 Å². The normalized spacial score (nSPS) is 15.3. The number of hydrogen-bond donors (Lipinski definition) is 0. The minimum atomic E-state index is 0.0342. The van der Waals surface area contributed by atoms with Crippen LogP contribution in [0.3, 0.4) is 0 Å². The number of carbonyl (C=O) groups excluding carboxylic acids is 1. The Morgan fingerprint density at radius 2 is 1.90 bits per heavy atom. The first-order chi connectivity index (χ1) is 9.74. The molecule has 1 fully saturated rings. The van der Waals surface area contributed by atoms with Gasteiger partial charge in [0.1, 0.15) is 0 Å². The molecule has 0 radical (unpaired) electrons. The van der Waals surface area contributed by atoms with E-state index in [2.05, 4.69) is 15.4 Å². The molecule has 0 atom stereocenters.